The first-order valence-electron chi connectivity index (χ1n) is 8.08. The molecule has 3 fully saturated rings. The number of Topliss-reactive ketones (excluding diaryl/α,β-unsaturated/α-hetero) is 1. The third-order valence-corrected chi connectivity index (χ3v) is 5.62. The SMILES string of the molecule is CCC1CCCCC1N1C2CCCC1CC(=O)C2. The highest BCUT2D eigenvalue weighted by Gasteiger charge is 2.43. The van der Waals surface area contributed by atoms with Crippen LogP contribution in [0.2, 0.25) is 0 Å². The van der Waals surface area contributed by atoms with Gasteiger partial charge < -0.3 is 0 Å². The summed E-state index contributed by atoms with van der Waals surface area (Å²) in [5, 5.41) is 0. The fourth-order valence-electron chi connectivity index (χ4n) is 4.81. The fourth-order valence-corrected chi connectivity index (χ4v) is 4.81. The van der Waals surface area contributed by atoms with Crippen molar-refractivity contribution in [3.05, 3.63) is 0 Å². The second-order valence-corrected chi connectivity index (χ2v) is 6.65. The van der Waals surface area contributed by atoms with Gasteiger partial charge in [0, 0.05) is 31.0 Å². The van der Waals surface area contributed by atoms with Crippen molar-refractivity contribution in [1.82, 2.24) is 4.90 Å². The van der Waals surface area contributed by atoms with E-state index in [4.69, 9.17) is 0 Å². The van der Waals surface area contributed by atoms with Gasteiger partial charge in [-0.05, 0) is 31.6 Å². The summed E-state index contributed by atoms with van der Waals surface area (Å²) < 4.78 is 0. The Morgan fingerprint density at radius 1 is 1.00 bits per heavy atom. The van der Waals surface area contributed by atoms with Gasteiger partial charge in [-0.15, -0.1) is 0 Å². The fraction of sp³-hybridized carbons (Fsp3) is 0.938. The summed E-state index contributed by atoms with van der Waals surface area (Å²) in [5.74, 6) is 1.43. The number of hydrogen-bond acceptors (Lipinski definition) is 2. The van der Waals surface area contributed by atoms with Gasteiger partial charge in [-0.2, -0.15) is 0 Å². The minimum Gasteiger partial charge on any atom is -0.300 e. The van der Waals surface area contributed by atoms with Crippen molar-refractivity contribution in [2.45, 2.75) is 89.3 Å². The third kappa shape index (κ3) is 2.24. The molecule has 1 aliphatic carbocycles. The van der Waals surface area contributed by atoms with E-state index in [1.165, 1.54) is 51.4 Å². The molecule has 4 unspecified atom stereocenters. The molecule has 2 heteroatoms. The van der Waals surface area contributed by atoms with E-state index < -0.39 is 0 Å². The first-order valence-corrected chi connectivity index (χ1v) is 8.08. The first-order chi connectivity index (χ1) is 8.79. The standard InChI is InChI=1S/C16H27NO/c1-2-12-6-3-4-9-16(12)17-13-7-5-8-14(17)11-15(18)10-13/h12-14,16H,2-11H2,1H3. The Bertz CT molecular complexity index is 298. The summed E-state index contributed by atoms with van der Waals surface area (Å²) in [6, 6.07) is 2.00. The minimum absolute atomic E-state index is 0.532. The van der Waals surface area contributed by atoms with E-state index in [0.29, 0.717) is 17.9 Å². The highest BCUT2D eigenvalue weighted by Crippen LogP contribution is 2.40. The number of carbonyl (C=O) groups excluding carboxylic acids is 1. The van der Waals surface area contributed by atoms with E-state index in [1.54, 1.807) is 0 Å². The van der Waals surface area contributed by atoms with Crippen LogP contribution in [-0.2, 0) is 4.79 Å². The van der Waals surface area contributed by atoms with Gasteiger partial charge in [-0.25, -0.2) is 0 Å². The summed E-state index contributed by atoms with van der Waals surface area (Å²) in [4.78, 5) is 14.6. The van der Waals surface area contributed by atoms with Crippen molar-refractivity contribution >= 4 is 5.78 Å². The zero-order valence-corrected chi connectivity index (χ0v) is 11.7. The summed E-state index contributed by atoms with van der Waals surface area (Å²) in [6.45, 7) is 2.36. The average molecular weight is 249 g/mol. The minimum atomic E-state index is 0.532. The van der Waals surface area contributed by atoms with Gasteiger partial charge >= 0.3 is 0 Å². The molecule has 2 saturated heterocycles. The molecule has 2 heterocycles. The van der Waals surface area contributed by atoms with Gasteiger partial charge in [0.25, 0.3) is 0 Å². The molecule has 1 saturated carbocycles. The molecule has 4 atom stereocenters. The van der Waals surface area contributed by atoms with Crippen LogP contribution in [0, 0.1) is 5.92 Å². The van der Waals surface area contributed by atoms with Gasteiger partial charge in [-0.1, -0.05) is 32.6 Å². The largest absolute Gasteiger partial charge is 0.300 e. The van der Waals surface area contributed by atoms with Gasteiger partial charge in [0.05, 0.1) is 0 Å². The lowest BCUT2D eigenvalue weighted by atomic mass is 9.76. The molecular weight excluding hydrogens is 222 g/mol. The molecule has 102 valence electrons. The molecule has 18 heavy (non-hydrogen) atoms. The smallest absolute Gasteiger partial charge is 0.136 e. The Morgan fingerprint density at radius 3 is 2.33 bits per heavy atom. The molecule has 2 aliphatic heterocycles. The Morgan fingerprint density at radius 2 is 1.67 bits per heavy atom. The van der Waals surface area contributed by atoms with Crippen LogP contribution < -0.4 is 0 Å². The normalized spacial score (nSPS) is 41.9. The summed E-state index contributed by atoms with van der Waals surface area (Å²) in [7, 11) is 0. The lowest BCUT2D eigenvalue weighted by Gasteiger charge is -2.52. The third-order valence-electron chi connectivity index (χ3n) is 5.62. The first kappa shape index (κ1) is 12.7. The number of nitrogens with zero attached hydrogens (tertiary/aromatic N) is 1. The van der Waals surface area contributed by atoms with Crippen molar-refractivity contribution in [3.63, 3.8) is 0 Å². The lowest BCUT2D eigenvalue weighted by molar-refractivity contribution is -0.130. The number of hydrogen-bond donors (Lipinski definition) is 0. The number of fused-ring (bicyclic) bond motifs is 2. The Kier molecular flexibility index (Phi) is 3.74. The van der Waals surface area contributed by atoms with E-state index >= 15 is 0 Å². The maximum atomic E-state index is 11.8. The highest BCUT2D eigenvalue weighted by molar-refractivity contribution is 5.80. The second-order valence-electron chi connectivity index (χ2n) is 6.65. The summed E-state index contributed by atoms with van der Waals surface area (Å²) in [5.41, 5.74) is 0. The highest BCUT2D eigenvalue weighted by atomic mass is 16.1. The Hall–Kier alpha value is -0.370. The van der Waals surface area contributed by atoms with Gasteiger partial charge in [0.2, 0.25) is 0 Å². The van der Waals surface area contributed by atoms with E-state index in [2.05, 4.69) is 11.8 Å². The van der Waals surface area contributed by atoms with Crippen LogP contribution in [0.5, 0.6) is 0 Å². The van der Waals surface area contributed by atoms with Crippen LogP contribution in [0.4, 0.5) is 0 Å². The molecule has 2 bridgehead atoms. The molecule has 0 aromatic carbocycles. The van der Waals surface area contributed by atoms with Gasteiger partial charge in [0.1, 0.15) is 5.78 Å². The number of ketones is 1. The summed E-state index contributed by atoms with van der Waals surface area (Å²) in [6.07, 6.45) is 12.6. The Balaban J connectivity index is 1.79. The maximum absolute atomic E-state index is 11.8. The number of carbonyl (C=O) groups is 1. The second kappa shape index (κ2) is 5.32. The molecule has 0 spiro atoms. The number of rotatable bonds is 2. The van der Waals surface area contributed by atoms with E-state index in [-0.39, 0.29) is 0 Å². The molecule has 0 aromatic rings. The topological polar surface area (TPSA) is 20.3 Å². The number of piperidine rings is 2. The van der Waals surface area contributed by atoms with Crippen LogP contribution in [0.3, 0.4) is 0 Å². The maximum Gasteiger partial charge on any atom is 0.136 e. The lowest BCUT2D eigenvalue weighted by Crippen LogP contribution is -2.58. The average Bonchev–Trinajstić information content (AvgIpc) is 2.37. The quantitative estimate of drug-likeness (QED) is 0.746. The molecule has 0 N–H and O–H groups in total. The molecule has 2 nitrogen and oxygen atoms in total. The van der Waals surface area contributed by atoms with Crippen molar-refractivity contribution < 1.29 is 4.79 Å². The molecule has 0 amide bonds. The van der Waals surface area contributed by atoms with Crippen molar-refractivity contribution in [3.8, 4) is 0 Å². The van der Waals surface area contributed by atoms with Crippen molar-refractivity contribution in [2.24, 2.45) is 5.92 Å². The van der Waals surface area contributed by atoms with E-state index in [0.717, 1.165) is 24.8 Å². The molecule has 0 radical (unpaired) electrons. The molecule has 0 aromatic heterocycles. The predicted molar refractivity (Wildman–Crippen MR) is 73.5 cm³/mol. The summed E-state index contributed by atoms with van der Waals surface area (Å²) >= 11 is 0. The zero-order valence-electron chi connectivity index (χ0n) is 11.7. The zero-order chi connectivity index (χ0) is 12.5. The van der Waals surface area contributed by atoms with Gasteiger partial charge in [0.15, 0.2) is 0 Å². The molecule has 3 rings (SSSR count). The van der Waals surface area contributed by atoms with E-state index in [1.807, 2.05) is 0 Å². The Labute approximate surface area is 111 Å². The van der Waals surface area contributed by atoms with Crippen LogP contribution in [0.25, 0.3) is 0 Å². The van der Waals surface area contributed by atoms with Crippen LogP contribution >= 0.6 is 0 Å². The van der Waals surface area contributed by atoms with Crippen LogP contribution in [-0.4, -0.2) is 28.8 Å². The van der Waals surface area contributed by atoms with E-state index in [9.17, 15) is 4.79 Å². The predicted octanol–water partition coefficient (Wildman–Crippen LogP) is 3.54. The monoisotopic (exact) mass is 249 g/mol. The van der Waals surface area contributed by atoms with Crippen LogP contribution in [0.15, 0.2) is 0 Å². The van der Waals surface area contributed by atoms with Gasteiger partial charge in [-0.3, -0.25) is 9.69 Å². The van der Waals surface area contributed by atoms with Crippen LogP contribution in [0.1, 0.15) is 71.1 Å². The molecular formula is C16H27NO. The van der Waals surface area contributed by atoms with Crippen molar-refractivity contribution in [1.29, 1.82) is 0 Å². The van der Waals surface area contributed by atoms with Crippen molar-refractivity contribution in [2.75, 3.05) is 0 Å². The molecule has 3 aliphatic rings.